The SMILES string of the molecule is Fc1cc(Br)cnc1C1(C(F)(F)F)N=N1. The van der Waals surface area contributed by atoms with Crippen molar-refractivity contribution in [3.63, 3.8) is 0 Å². The van der Waals surface area contributed by atoms with Crippen LogP contribution in [0.5, 0.6) is 0 Å². The Bertz CT molecular complexity index is 436. The molecule has 0 saturated carbocycles. The second kappa shape index (κ2) is 2.97. The Morgan fingerprint density at radius 3 is 2.27 bits per heavy atom. The molecule has 0 atom stereocenters. The smallest absolute Gasteiger partial charge is 0.252 e. The number of hydrogen-bond donors (Lipinski definition) is 0. The van der Waals surface area contributed by atoms with Gasteiger partial charge in [-0.2, -0.15) is 13.2 Å². The largest absolute Gasteiger partial charge is 0.444 e. The van der Waals surface area contributed by atoms with Crippen LogP contribution >= 0.6 is 15.9 Å². The van der Waals surface area contributed by atoms with Crippen LogP contribution in [-0.4, -0.2) is 11.2 Å². The molecule has 0 radical (unpaired) electrons. The van der Waals surface area contributed by atoms with E-state index in [0.29, 0.717) is 0 Å². The summed E-state index contributed by atoms with van der Waals surface area (Å²) in [5.41, 5.74) is -3.61. The van der Waals surface area contributed by atoms with Crippen LogP contribution in [0.25, 0.3) is 0 Å². The van der Waals surface area contributed by atoms with Crippen molar-refractivity contribution < 1.29 is 17.6 Å². The van der Waals surface area contributed by atoms with Gasteiger partial charge in [-0.15, -0.1) is 10.2 Å². The zero-order valence-corrected chi connectivity index (χ0v) is 8.47. The third kappa shape index (κ3) is 1.52. The highest BCUT2D eigenvalue weighted by molar-refractivity contribution is 9.10. The summed E-state index contributed by atoms with van der Waals surface area (Å²) in [6, 6.07) is 0.888. The van der Waals surface area contributed by atoms with E-state index < -0.39 is 23.4 Å². The molecule has 3 nitrogen and oxygen atoms in total. The number of alkyl halides is 3. The first-order valence-electron chi connectivity index (χ1n) is 3.69. The Morgan fingerprint density at radius 1 is 1.27 bits per heavy atom. The van der Waals surface area contributed by atoms with Crippen LogP contribution in [0.1, 0.15) is 5.69 Å². The van der Waals surface area contributed by atoms with Gasteiger partial charge in [0.15, 0.2) is 5.82 Å². The Morgan fingerprint density at radius 2 is 1.87 bits per heavy atom. The Balaban J connectivity index is 2.47. The summed E-state index contributed by atoms with van der Waals surface area (Å²) in [6.45, 7) is 0. The van der Waals surface area contributed by atoms with Gasteiger partial charge in [0.1, 0.15) is 5.69 Å². The van der Waals surface area contributed by atoms with E-state index in [-0.39, 0.29) is 4.47 Å². The zero-order chi connectivity index (χ0) is 11.3. The van der Waals surface area contributed by atoms with Gasteiger partial charge in [0.2, 0.25) is 0 Å². The lowest BCUT2D eigenvalue weighted by atomic mass is 10.1. The van der Waals surface area contributed by atoms with Gasteiger partial charge < -0.3 is 0 Å². The molecule has 2 heterocycles. The molecule has 0 aliphatic carbocycles. The lowest BCUT2D eigenvalue weighted by Gasteiger charge is -2.14. The summed E-state index contributed by atoms with van der Waals surface area (Å²) in [4.78, 5) is 3.35. The number of nitrogens with zero attached hydrogens (tertiary/aromatic N) is 3. The summed E-state index contributed by atoms with van der Waals surface area (Å²) >= 11 is 2.89. The van der Waals surface area contributed by atoms with Gasteiger partial charge in [0.05, 0.1) is 0 Å². The zero-order valence-electron chi connectivity index (χ0n) is 6.89. The molecule has 0 spiro atoms. The van der Waals surface area contributed by atoms with Crippen molar-refractivity contribution in [2.24, 2.45) is 10.2 Å². The third-order valence-corrected chi connectivity index (χ3v) is 2.27. The van der Waals surface area contributed by atoms with E-state index in [2.05, 4.69) is 31.1 Å². The summed E-state index contributed by atoms with van der Waals surface area (Å²) in [7, 11) is 0. The second-order valence-corrected chi connectivity index (χ2v) is 3.77. The van der Waals surface area contributed by atoms with Gasteiger partial charge >= 0.3 is 11.8 Å². The number of hydrogen-bond acceptors (Lipinski definition) is 3. The lowest BCUT2D eigenvalue weighted by molar-refractivity contribution is -0.167. The van der Waals surface area contributed by atoms with Crippen molar-refractivity contribution >= 4 is 15.9 Å². The fraction of sp³-hybridized carbons (Fsp3) is 0.286. The Kier molecular flexibility index (Phi) is 2.07. The average molecular weight is 284 g/mol. The maximum atomic E-state index is 13.2. The normalized spacial score (nSPS) is 17.9. The van der Waals surface area contributed by atoms with Crippen LogP contribution in [0.15, 0.2) is 27.0 Å². The second-order valence-electron chi connectivity index (χ2n) is 2.85. The molecule has 15 heavy (non-hydrogen) atoms. The van der Waals surface area contributed by atoms with Crippen LogP contribution in [0, 0.1) is 5.82 Å². The van der Waals surface area contributed by atoms with E-state index in [4.69, 9.17) is 0 Å². The molecule has 8 heteroatoms. The summed E-state index contributed by atoms with van der Waals surface area (Å²) < 4.78 is 50.8. The molecule has 2 rings (SSSR count). The predicted octanol–water partition coefficient (Wildman–Crippen LogP) is 3.16. The van der Waals surface area contributed by atoms with E-state index in [9.17, 15) is 17.6 Å². The van der Waals surface area contributed by atoms with E-state index >= 15 is 0 Å². The maximum Gasteiger partial charge on any atom is 0.444 e. The average Bonchev–Trinajstić information content (AvgIpc) is 2.83. The van der Waals surface area contributed by atoms with E-state index in [1.807, 2.05) is 0 Å². The highest BCUT2D eigenvalue weighted by Crippen LogP contribution is 2.52. The number of rotatable bonds is 1. The summed E-state index contributed by atoms with van der Waals surface area (Å²) in [6.07, 6.45) is -3.69. The maximum absolute atomic E-state index is 13.2. The van der Waals surface area contributed by atoms with Crippen molar-refractivity contribution in [3.05, 3.63) is 28.2 Å². The van der Waals surface area contributed by atoms with Gasteiger partial charge in [-0.05, 0) is 22.0 Å². The van der Waals surface area contributed by atoms with Gasteiger partial charge in [-0.3, -0.25) is 4.98 Å². The van der Waals surface area contributed by atoms with Crippen molar-refractivity contribution in [2.75, 3.05) is 0 Å². The highest BCUT2D eigenvalue weighted by Gasteiger charge is 2.67. The summed E-state index contributed by atoms with van der Waals surface area (Å²) in [5, 5.41) is 5.70. The highest BCUT2D eigenvalue weighted by atomic mass is 79.9. The number of halogens is 5. The molecule has 0 aromatic carbocycles. The Hall–Kier alpha value is -1.05. The van der Waals surface area contributed by atoms with Gasteiger partial charge in [-0.25, -0.2) is 4.39 Å². The van der Waals surface area contributed by atoms with Gasteiger partial charge in [0.25, 0.3) is 0 Å². The monoisotopic (exact) mass is 283 g/mol. The topological polar surface area (TPSA) is 37.6 Å². The minimum atomic E-state index is -4.76. The van der Waals surface area contributed by atoms with Crippen LogP contribution in [0.3, 0.4) is 0 Å². The molecule has 0 N–H and O–H groups in total. The predicted molar refractivity (Wildman–Crippen MR) is 44.5 cm³/mol. The molecule has 0 fully saturated rings. The molecule has 80 valence electrons. The van der Waals surface area contributed by atoms with Crippen molar-refractivity contribution in [1.29, 1.82) is 0 Å². The molecule has 1 aliphatic rings. The lowest BCUT2D eigenvalue weighted by Crippen LogP contribution is -2.32. The third-order valence-electron chi connectivity index (χ3n) is 1.83. The van der Waals surface area contributed by atoms with Crippen LogP contribution in [0.2, 0.25) is 0 Å². The molecule has 0 amide bonds. The molecule has 0 bridgehead atoms. The van der Waals surface area contributed by atoms with Crippen molar-refractivity contribution in [2.45, 2.75) is 11.8 Å². The number of aromatic nitrogens is 1. The molecule has 1 aromatic heterocycles. The molecule has 0 unspecified atom stereocenters. The molecular formula is C7H2BrF4N3. The minimum absolute atomic E-state index is 0.252. The van der Waals surface area contributed by atoms with E-state index in [0.717, 1.165) is 12.3 Å². The van der Waals surface area contributed by atoms with Gasteiger partial charge in [-0.1, -0.05) is 0 Å². The molecular weight excluding hydrogens is 282 g/mol. The summed E-state index contributed by atoms with van der Waals surface area (Å²) in [5.74, 6) is -1.09. The standard InChI is InChI=1S/C7H2BrF4N3/c8-3-1-4(9)5(13-2-3)6(14-15-6)7(10,11)12/h1-2H. The van der Waals surface area contributed by atoms with Crippen molar-refractivity contribution in [1.82, 2.24) is 4.98 Å². The quantitative estimate of drug-likeness (QED) is 0.730. The first-order chi connectivity index (χ1) is 6.87. The van der Waals surface area contributed by atoms with E-state index in [1.165, 1.54) is 0 Å². The minimum Gasteiger partial charge on any atom is -0.252 e. The Labute approximate surface area is 89.4 Å². The fourth-order valence-electron chi connectivity index (χ4n) is 1.06. The van der Waals surface area contributed by atoms with Crippen LogP contribution < -0.4 is 0 Å². The first kappa shape index (κ1) is 10.5. The first-order valence-corrected chi connectivity index (χ1v) is 4.48. The molecule has 0 saturated heterocycles. The van der Waals surface area contributed by atoms with Crippen LogP contribution in [-0.2, 0) is 5.66 Å². The molecule has 1 aromatic rings. The molecule has 1 aliphatic heterocycles. The van der Waals surface area contributed by atoms with Crippen LogP contribution in [0.4, 0.5) is 17.6 Å². The van der Waals surface area contributed by atoms with Crippen molar-refractivity contribution in [3.8, 4) is 0 Å². The number of pyridine rings is 1. The van der Waals surface area contributed by atoms with E-state index in [1.54, 1.807) is 0 Å². The fourth-order valence-corrected chi connectivity index (χ4v) is 1.37. The van der Waals surface area contributed by atoms with Gasteiger partial charge in [0, 0.05) is 10.7 Å².